The zero-order valence-electron chi connectivity index (χ0n) is 43.7. The Bertz CT molecular complexity index is 1150. The molecule has 0 aliphatic heterocycles. The Kier molecular flexibility index (Phi) is 46.8. The van der Waals surface area contributed by atoms with Crippen molar-refractivity contribution in [2.24, 2.45) is 0 Å². The highest BCUT2D eigenvalue weighted by Gasteiger charge is 2.23. The quantitative estimate of drug-likeness (QED) is 0.0272. The van der Waals surface area contributed by atoms with Crippen LogP contribution in [0.1, 0.15) is 264 Å². The maximum atomic E-state index is 12.9. The first-order valence-electron chi connectivity index (χ1n) is 27.9. The van der Waals surface area contributed by atoms with E-state index in [1.54, 1.807) is 6.08 Å². The van der Waals surface area contributed by atoms with Gasteiger partial charge in [-0.1, -0.05) is 249 Å². The summed E-state index contributed by atoms with van der Waals surface area (Å²) in [5, 5.41) is 13.8. The number of aliphatic hydroxyl groups excluding tert-OH is 1. The second-order valence-electron chi connectivity index (χ2n) is 20.3. The normalized spacial score (nSPS) is 14.3. The molecule has 0 aromatic rings. The fourth-order valence-corrected chi connectivity index (χ4v) is 8.91. The largest absolute Gasteiger partial charge is 0.756 e. The topological polar surface area (TPSA) is 108 Å². The number of nitrogens with zero attached hydrogens (tertiary/aromatic N) is 1. The molecule has 0 aliphatic rings. The fourth-order valence-electron chi connectivity index (χ4n) is 8.19. The van der Waals surface area contributed by atoms with E-state index in [1.165, 1.54) is 199 Å². The molecule has 0 spiro atoms. The number of aliphatic hydroxyl groups is 1. The summed E-state index contributed by atoms with van der Waals surface area (Å²) in [4.78, 5) is 25.5. The summed E-state index contributed by atoms with van der Waals surface area (Å²) in [6.07, 6.45) is 60.8. The average molecular weight is 937 g/mol. The average Bonchev–Trinajstić information content (AvgIpc) is 3.26. The SMILES string of the molecule is CCCCCCCCCCC/C=C/CC/C=C/CC/C=C/C(O)C(COP(=O)([O-])OCC[N+](C)(C)C)NC(=O)CCCCCCCCCCCCCCCCCCCCCCCCCC. The second-order valence-corrected chi connectivity index (χ2v) is 21.7. The van der Waals surface area contributed by atoms with E-state index in [2.05, 4.69) is 43.5 Å². The highest BCUT2D eigenvalue weighted by atomic mass is 31.2. The summed E-state index contributed by atoms with van der Waals surface area (Å²) in [5.41, 5.74) is 0. The molecule has 0 rings (SSSR count). The maximum absolute atomic E-state index is 12.9. The van der Waals surface area contributed by atoms with E-state index in [0.717, 1.165) is 44.9 Å². The molecule has 3 unspecified atom stereocenters. The van der Waals surface area contributed by atoms with Crippen LogP contribution in [0.2, 0.25) is 0 Å². The van der Waals surface area contributed by atoms with E-state index in [-0.39, 0.29) is 12.5 Å². The highest BCUT2D eigenvalue weighted by Crippen LogP contribution is 2.38. The molecule has 0 radical (unpaired) electrons. The highest BCUT2D eigenvalue weighted by molar-refractivity contribution is 7.45. The van der Waals surface area contributed by atoms with Gasteiger partial charge in [-0.25, -0.2) is 0 Å². The number of phosphoric ester groups is 1. The standard InChI is InChI=1S/C56H109N2O6P/c1-6-8-10-12-14-16-18-20-22-24-26-27-28-29-30-32-34-36-38-40-42-44-46-48-50-56(60)57-54(53-64-65(61,62)63-52-51-58(3,4)5)55(59)49-47-45-43-41-39-37-35-33-31-25-23-21-19-17-15-13-11-9-7-2/h31,33,39,41,47,49,54-55,59H,6-30,32,34-38,40,42-46,48,50-53H2,1-5H3,(H-,57,60,61,62)/b33-31+,41-39+,49-47+. The summed E-state index contributed by atoms with van der Waals surface area (Å²) >= 11 is 0. The van der Waals surface area contributed by atoms with Crippen molar-refractivity contribution >= 4 is 13.7 Å². The van der Waals surface area contributed by atoms with Crippen molar-refractivity contribution in [1.82, 2.24) is 5.32 Å². The molecule has 2 N–H and O–H groups in total. The summed E-state index contributed by atoms with van der Waals surface area (Å²) in [5.74, 6) is -0.207. The molecule has 1 amide bonds. The first-order valence-corrected chi connectivity index (χ1v) is 29.3. The molecule has 0 aliphatic carbocycles. The van der Waals surface area contributed by atoms with Crippen molar-refractivity contribution in [3.8, 4) is 0 Å². The minimum Gasteiger partial charge on any atom is -0.756 e. The van der Waals surface area contributed by atoms with Crippen molar-refractivity contribution in [1.29, 1.82) is 0 Å². The number of hydrogen-bond acceptors (Lipinski definition) is 6. The van der Waals surface area contributed by atoms with Crippen LogP contribution in [0.3, 0.4) is 0 Å². The van der Waals surface area contributed by atoms with E-state index >= 15 is 0 Å². The van der Waals surface area contributed by atoms with Crippen LogP contribution in [0.5, 0.6) is 0 Å². The molecule has 3 atom stereocenters. The number of carbonyl (C=O) groups is 1. The molecule has 0 aromatic carbocycles. The Morgan fingerprint density at radius 3 is 1.25 bits per heavy atom. The number of nitrogens with one attached hydrogen (secondary N) is 1. The van der Waals surface area contributed by atoms with Gasteiger partial charge in [-0.15, -0.1) is 0 Å². The van der Waals surface area contributed by atoms with E-state index in [0.29, 0.717) is 17.4 Å². The molecule has 9 heteroatoms. The van der Waals surface area contributed by atoms with E-state index in [4.69, 9.17) is 9.05 Å². The molecule has 0 heterocycles. The number of rotatable bonds is 51. The van der Waals surface area contributed by atoms with Crippen LogP contribution in [-0.4, -0.2) is 68.5 Å². The van der Waals surface area contributed by atoms with Crippen LogP contribution in [0.15, 0.2) is 36.5 Å². The molecule has 0 fully saturated rings. The minimum absolute atomic E-state index is 0.00745. The molecule has 0 aromatic heterocycles. The lowest BCUT2D eigenvalue weighted by atomic mass is 10.0. The molecule has 0 saturated heterocycles. The van der Waals surface area contributed by atoms with Crippen molar-refractivity contribution < 1.29 is 32.9 Å². The smallest absolute Gasteiger partial charge is 0.268 e. The molecule has 8 nitrogen and oxygen atoms in total. The van der Waals surface area contributed by atoms with Crippen molar-refractivity contribution in [2.45, 2.75) is 276 Å². The number of carbonyl (C=O) groups excluding carboxylic acids is 1. The Hall–Kier alpha value is -1.28. The minimum atomic E-state index is -4.60. The Balaban J connectivity index is 4.26. The Morgan fingerprint density at radius 1 is 0.523 bits per heavy atom. The predicted molar refractivity (Wildman–Crippen MR) is 279 cm³/mol. The van der Waals surface area contributed by atoms with Gasteiger partial charge in [0.1, 0.15) is 13.2 Å². The molecule has 384 valence electrons. The van der Waals surface area contributed by atoms with Gasteiger partial charge in [-0.3, -0.25) is 9.36 Å². The third kappa shape index (κ3) is 50.4. The van der Waals surface area contributed by atoms with Crippen molar-refractivity contribution in [2.75, 3.05) is 40.9 Å². The van der Waals surface area contributed by atoms with Crippen LogP contribution in [0.25, 0.3) is 0 Å². The third-order valence-electron chi connectivity index (χ3n) is 12.6. The fraction of sp³-hybridized carbons (Fsp3) is 0.875. The number of likely N-dealkylation sites (N-methyl/N-ethyl adjacent to an activating group) is 1. The number of phosphoric acid groups is 1. The van der Waals surface area contributed by atoms with Gasteiger partial charge in [-0.05, 0) is 44.9 Å². The lowest BCUT2D eigenvalue weighted by Crippen LogP contribution is -2.45. The zero-order valence-corrected chi connectivity index (χ0v) is 44.6. The van der Waals surface area contributed by atoms with Crippen LogP contribution >= 0.6 is 7.82 Å². The van der Waals surface area contributed by atoms with E-state index < -0.39 is 26.6 Å². The number of allylic oxidation sites excluding steroid dienone is 5. The van der Waals surface area contributed by atoms with E-state index in [1.807, 2.05) is 27.2 Å². The lowest BCUT2D eigenvalue weighted by Gasteiger charge is -2.29. The summed E-state index contributed by atoms with van der Waals surface area (Å²) in [7, 11) is 1.24. The molecular formula is C56H109N2O6P. The first-order chi connectivity index (χ1) is 31.5. The summed E-state index contributed by atoms with van der Waals surface area (Å²) in [6, 6.07) is -0.907. The van der Waals surface area contributed by atoms with Crippen LogP contribution in [0.4, 0.5) is 0 Å². The van der Waals surface area contributed by atoms with Gasteiger partial charge in [-0.2, -0.15) is 0 Å². The van der Waals surface area contributed by atoms with Gasteiger partial charge < -0.3 is 28.8 Å². The second kappa shape index (κ2) is 47.8. The van der Waals surface area contributed by atoms with Crippen LogP contribution in [-0.2, 0) is 18.4 Å². The predicted octanol–water partition coefficient (Wildman–Crippen LogP) is 16.0. The monoisotopic (exact) mass is 937 g/mol. The molecule has 0 bridgehead atoms. The van der Waals surface area contributed by atoms with Gasteiger partial charge in [0.15, 0.2) is 0 Å². The molecule has 65 heavy (non-hydrogen) atoms. The van der Waals surface area contributed by atoms with Gasteiger partial charge in [0.25, 0.3) is 7.82 Å². The summed E-state index contributed by atoms with van der Waals surface area (Å²) < 4.78 is 23.3. The first kappa shape index (κ1) is 63.7. The van der Waals surface area contributed by atoms with Gasteiger partial charge in [0.05, 0.1) is 39.9 Å². The molecular weight excluding hydrogens is 828 g/mol. The number of amides is 1. The van der Waals surface area contributed by atoms with Crippen molar-refractivity contribution in [3.63, 3.8) is 0 Å². The Labute approximate surface area is 404 Å². The lowest BCUT2D eigenvalue weighted by molar-refractivity contribution is -0.870. The van der Waals surface area contributed by atoms with Gasteiger partial charge in [0, 0.05) is 6.42 Å². The van der Waals surface area contributed by atoms with E-state index in [9.17, 15) is 19.4 Å². The number of hydrogen-bond donors (Lipinski definition) is 2. The van der Waals surface area contributed by atoms with Crippen LogP contribution < -0.4 is 10.2 Å². The van der Waals surface area contributed by atoms with Gasteiger partial charge in [0.2, 0.25) is 5.91 Å². The zero-order chi connectivity index (χ0) is 47.8. The molecule has 0 saturated carbocycles. The van der Waals surface area contributed by atoms with Crippen LogP contribution in [0, 0.1) is 0 Å². The summed E-state index contributed by atoms with van der Waals surface area (Å²) in [6.45, 7) is 4.65. The Morgan fingerprint density at radius 2 is 0.862 bits per heavy atom. The number of quaternary nitrogens is 1. The number of unbranched alkanes of at least 4 members (excludes halogenated alkanes) is 34. The van der Waals surface area contributed by atoms with Gasteiger partial charge >= 0.3 is 0 Å². The van der Waals surface area contributed by atoms with Crippen molar-refractivity contribution in [3.05, 3.63) is 36.5 Å². The maximum Gasteiger partial charge on any atom is 0.268 e. The third-order valence-corrected chi connectivity index (χ3v) is 13.5.